The fraction of sp³-hybridized carbons (Fsp3) is 0.600. The van der Waals surface area contributed by atoms with Gasteiger partial charge in [-0.2, -0.15) is 0 Å². The van der Waals surface area contributed by atoms with Gasteiger partial charge < -0.3 is 14.4 Å². The summed E-state index contributed by atoms with van der Waals surface area (Å²) < 4.78 is 2.12. The zero-order valence-electron chi connectivity index (χ0n) is 16.0. The first-order chi connectivity index (χ1) is 11.7. The normalized spacial score (nSPS) is 21.7. The number of imidazole rings is 1. The number of hydrogen-bond acceptors (Lipinski definition) is 2. The zero-order chi connectivity index (χ0) is 18.4. The van der Waals surface area contributed by atoms with Crippen molar-refractivity contribution in [1.29, 1.82) is 0 Å². The molecule has 1 fully saturated rings. The average Bonchev–Trinajstić information content (AvgIpc) is 2.85. The molecule has 25 heavy (non-hydrogen) atoms. The largest absolute Gasteiger partial charge is 0.465 e. The van der Waals surface area contributed by atoms with Crippen LogP contribution in [0.1, 0.15) is 57.0 Å². The highest BCUT2D eigenvalue weighted by atomic mass is 16.4. The van der Waals surface area contributed by atoms with Crippen molar-refractivity contribution in [3.05, 3.63) is 35.3 Å². The molecule has 3 heterocycles. The Morgan fingerprint density at radius 2 is 2.04 bits per heavy atom. The molecule has 5 nitrogen and oxygen atoms in total. The molecule has 136 valence electrons. The van der Waals surface area contributed by atoms with Crippen molar-refractivity contribution in [2.75, 3.05) is 6.54 Å². The highest BCUT2D eigenvalue weighted by Crippen LogP contribution is 2.45. The Balaban J connectivity index is 2.12. The molecule has 3 rings (SSSR count). The minimum atomic E-state index is -0.813. The third-order valence-corrected chi connectivity index (χ3v) is 6.01. The van der Waals surface area contributed by atoms with E-state index in [0.29, 0.717) is 13.0 Å². The molecule has 0 aromatic carbocycles. The van der Waals surface area contributed by atoms with Gasteiger partial charge in [0.05, 0.1) is 11.2 Å². The van der Waals surface area contributed by atoms with Gasteiger partial charge in [0.1, 0.15) is 5.65 Å². The van der Waals surface area contributed by atoms with Crippen LogP contribution in [0, 0.1) is 19.3 Å². The fourth-order valence-corrected chi connectivity index (χ4v) is 4.36. The zero-order valence-corrected chi connectivity index (χ0v) is 16.0. The summed E-state index contributed by atoms with van der Waals surface area (Å²) in [6.07, 6.45) is 4.77. The SMILES string of the molecule is Cc1cccn2c(C)c(C[C@]3(C(C)(C)C)CCCCN3C(=O)O)nc12. The Hall–Kier alpha value is -2.04. The summed E-state index contributed by atoms with van der Waals surface area (Å²) in [6.45, 7) is 11.2. The number of carboxylic acid groups (broad SMARTS) is 1. The molecule has 1 aliphatic heterocycles. The average molecular weight is 343 g/mol. The second-order valence-electron chi connectivity index (χ2n) is 8.38. The lowest BCUT2D eigenvalue weighted by atomic mass is 9.65. The van der Waals surface area contributed by atoms with Crippen LogP contribution in [0.15, 0.2) is 18.3 Å². The Labute approximate surface area is 149 Å². The Morgan fingerprint density at radius 1 is 1.32 bits per heavy atom. The predicted molar refractivity (Wildman–Crippen MR) is 99.1 cm³/mol. The molecule has 2 aromatic heterocycles. The highest BCUT2D eigenvalue weighted by Gasteiger charge is 2.50. The van der Waals surface area contributed by atoms with E-state index >= 15 is 0 Å². The maximum absolute atomic E-state index is 12.0. The number of piperidine rings is 1. The summed E-state index contributed by atoms with van der Waals surface area (Å²) in [5.41, 5.74) is 3.64. The van der Waals surface area contributed by atoms with Crippen LogP contribution in [-0.4, -0.2) is 37.6 Å². The van der Waals surface area contributed by atoms with E-state index in [1.165, 1.54) is 0 Å². The molecule has 2 aromatic rings. The number of hydrogen-bond donors (Lipinski definition) is 1. The molecule has 0 radical (unpaired) electrons. The number of amides is 1. The maximum Gasteiger partial charge on any atom is 0.407 e. The minimum Gasteiger partial charge on any atom is -0.465 e. The van der Waals surface area contributed by atoms with Gasteiger partial charge in [0.25, 0.3) is 0 Å². The number of likely N-dealkylation sites (tertiary alicyclic amines) is 1. The van der Waals surface area contributed by atoms with Gasteiger partial charge in [-0.05, 0) is 50.2 Å². The monoisotopic (exact) mass is 343 g/mol. The summed E-state index contributed by atoms with van der Waals surface area (Å²) in [4.78, 5) is 18.6. The molecule has 0 saturated carbocycles. The number of carbonyl (C=O) groups is 1. The molecule has 0 bridgehead atoms. The first-order valence-corrected chi connectivity index (χ1v) is 9.11. The van der Waals surface area contributed by atoms with Crippen molar-refractivity contribution in [1.82, 2.24) is 14.3 Å². The van der Waals surface area contributed by atoms with E-state index in [9.17, 15) is 9.90 Å². The predicted octanol–water partition coefficient (Wildman–Crippen LogP) is 4.44. The van der Waals surface area contributed by atoms with Crippen LogP contribution in [-0.2, 0) is 6.42 Å². The number of pyridine rings is 1. The third-order valence-electron chi connectivity index (χ3n) is 6.01. The lowest BCUT2D eigenvalue weighted by Gasteiger charge is -2.53. The lowest BCUT2D eigenvalue weighted by molar-refractivity contribution is -0.0252. The molecule has 0 spiro atoms. The van der Waals surface area contributed by atoms with Crippen LogP contribution in [0.25, 0.3) is 5.65 Å². The fourth-order valence-electron chi connectivity index (χ4n) is 4.36. The van der Waals surface area contributed by atoms with E-state index in [0.717, 1.165) is 41.9 Å². The van der Waals surface area contributed by atoms with E-state index in [2.05, 4.69) is 45.1 Å². The second-order valence-corrected chi connectivity index (χ2v) is 8.38. The minimum absolute atomic E-state index is 0.164. The molecular weight excluding hydrogens is 314 g/mol. The van der Waals surface area contributed by atoms with Gasteiger partial charge in [0.2, 0.25) is 0 Å². The van der Waals surface area contributed by atoms with Gasteiger partial charge in [0, 0.05) is 24.9 Å². The number of rotatable bonds is 2. The van der Waals surface area contributed by atoms with Crippen molar-refractivity contribution in [2.24, 2.45) is 5.41 Å². The molecule has 0 aliphatic carbocycles. The summed E-state index contributed by atoms with van der Waals surface area (Å²) in [7, 11) is 0. The quantitative estimate of drug-likeness (QED) is 0.877. The van der Waals surface area contributed by atoms with E-state index in [4.69, 9.17) is 4.98 Å². The van der Waals surface area contributed by atoms with Gasteiger partial charge in [0.15, 0.2) is 0 Å². The molecule has 1 atom stereocenters. The van der Waals surface area contributed by atoms with E-state index in [1.54, 1.807) is 4.90 Å². The van der Waals surface area contributed by atoms with E-state index < -0.39 is 11.6 Å². The number of nitrogens with zero attached hydrogens (tertiary/aromatic N) is 3. The van der Waals surface area contributed by atoms with Gasteiger partial charge >= 0.3 is 6.09 Å². The van der Waals surface area contributed by atoms with Crippen molar-refractivity contribution < 1.29 is 9.90 Å². The number of fused-ring (bicyclic) bond motifs is 1. The first-order valence-electron chi connectivity index (χ1n) is 9.11. The molecule has 5 heteroatoms. The van der Waals surface area contributed by atoms with Crippen LogP contribution < -0.4 is 0 Å². The van der Waals surface area contributed by atoms with Gasteiger partial charge in [-0.1, -0.05) is 26.8 Å². The first kappa shape index (κ1) is 17.8. The topological polar surface area (TPSA) is 57.8 Å². The van der Waals surface area contributed by atoms with E-state index in [1.807, 2.05) is 12.3 Å². The summed E-state index contributed by atoms with van der Waals surface area (Å²) in [6, 6.07) is 4.10. The van der Waals surface area contributed by atoms with Gasteiger partial charge in [-0.25, -0.2) is 9.78 Å². The Kier molecular flexibility index (Phi) is 4.30. The van der Waals surface area contributed by atoms with Gasteiger partial charge in [-0.15, -0.1) is 0 Å². The van der Waals surface area contributed by atoms with Crippen LogP contribution in [0.4, 0.5) is 4.79 Å². The molecule has 1 amide bonds. The summed E-state index contributed by atoms with van der Waals surface area (Å²) in [5, 5.41) is 9.87. The number of aryl methyl sites for hydroxylation is 2. The lowest BCUT2D eigenvalue weighted by Crippen LogP contribution is -2.62. The smallest absolute Gasteiger partial charge is 0.407 e. The highest BCUT2D eigenvalue weighted by molar-refractivity contribution is 5.67. The van der Waals surface area contributed by atoms with E-state index in [-0.39, 0.29) is 5.41 Å². The molecule has 1 aliphatic rings. The Morgan fingerprint density at radius 3 is 2.64 bits per heavy atom. The van der Waals surface area contributed by atoms with Crippen LogP contribution in [0.2, 0.25) is 0 Å². The molecule has 0 unspecified atom stereocenters. The van der Waals surface area contributed by atoms with Gasteiger partial charge in [-0.3, -0.25) is 0 Å². The molecular formula is C20H29N3O2. The van der Waals surface area contributed by atoms with Crippen molar-refractivity contribution in [3.8, 4) is 0 Å². The van der Waals surface area contributed by atoms with Crippen LogP contribution >= 0.6 is 0 Å². The Bertz CT molecular complexity index is 803. The second kappa shape index (κ2) is 6.04. The molecule has 1 saturated heterocycles. The molecule has 1 N–H and O–H groups in total. The standard InChI is InChI=1S/C20H29N3O2/c1-14-9-8-11-22-15(2)16(21-17(14)22)13-20(19(3,4)5)10-6-7-12-23(20)18(24)25/h8-9,11H,6-7,10,12-13H2,1-5H3,(H,24,25)/t20-/m0/s1. The third kappa shape index (κ3) is 2.79. The maximum atomic E-state index is 12.0. The van der Waals surface area contributed by atoms with Crippen molar-refractivity contribution in [3.63, 3.8) is 0 Å². The summed E-state index contributed by atoms with van der Waals surface area (Å²) >= 11 is 0. The van der Waals surface area contributed by atoms with Crippen LogP contribution in [0.3, 0.4) is 0 Å². The summed E-state index contributed by atoms with van der Waals surface area (Å²) in [5.74, 6) is 0. The van der Waals surface area contributed by atoms with Crippen LogP contribution in [0.5, 0.6) is 0 Å². The van der Waals surface area contributed by atoms with Crippen molar-refractivity contribution >= 4 is 11.7 Å². The number of aromatic nitrogens is 2. The van der Waals surface area contributed by atoms with Crippen molar-refractivity contribution in [2.45, 2.75) is 65.8 Å².